The SMILES string of the molecule is CCCCCCCCCOC(=O)CC(Cc1ccccc1C)C(=O)OCCCCCCCCC. The lowest BCUT2D eigenvalue weighted by Gasteiger charge is -2.17. The van der Waals surface area contributed by atoms with Crippen LogP contribution < -0.4 is 0 Å². The highest BCUT2D eigenvalue weighted by atomic mass is 16.5. The van der Waals surface area contributed by atoms with E-state index in [1.807, 2.05) is 31.2 Å². The number of esters is 2. The lowest BCUT2D eigenvalue weighted by Crippen LogP contribution is -2.25. The number of carbonyl (C=O) groups is 2. The molecule has 0 heterocycles. The van der Waals surface area contributed by atoms with Gasteiger partial charge in [-0.15, -0.1) is 0 Å². The maximum Gasteiger partial charge on any atom is 0.309 e. The molecule has 1 rings (SSSR count). The summed E-state index contributed by atoms with van der Waals surface area (Å²) < 4.78 is 11.0. The Kier molecular flexibility index (Phi) is 18.2. The van der Waals surface area contributed by atoms with Gasteiger partial charge in [-0.1, -0.05) is 115 Å². The Morgan fingerprint density at radius 1 is 0.706 bits per heavy atom. The van der Waals surface area contributed by atoms with E-state index >= 15 is 0 Å². The summed E-state index contributed by atoms with van der Waals surface area (Å²) in [4.78, 5) is 25.3. The Labute approximate surface area is 209 Å². The summed E-state index contributed by atoms with van der Waals surface area (Å²) in [6, 6.07) is 8.02. The van der Waals surface area contributed by atoms with Crippen LogP contribution in [0.4, 0.5) is 0 Å². The molecule has 0 aliphatic heterocycles. The van der Waals surface area contributed by atoms with Gasteiger partial charge >= 0.3 is 11.9 Å². The minimum Gasteiger partial charge on any atom is -0.466 e. The number of unbranched alkanes of at least 4 members (excludes halogenated alkanes) is 12. The lowest BCUT2D eigenvalue weighted by atomic mass is 9.93. The van der Waals surface area contributed by atoms with Gasteiger partial charge in [0.25, 0.3) is 0 Å². The van der Waals surface area contributed by atoms with Crippen molar-refractivity contribution in [1.29, 1.82) is 0 Å². The maximum absolute atomic E-state index is 12.8. The van der Waals surface area contributed by atoms with E-state index in [1.54, 1.807) is 0 Å². The predicted octanol–water partition coefficient (Wildman–Crippen LogP) is 8.13. The van der Waals surface area contributed by atoms with E-state index < -0.39 is 5.92 Å². The predicted molar refractivity (Wildman–Crippen MR) is 141 cm³/mol. The van der Waals surface area contributed by atoms with Crippen LogP contribution in [-0.4, -0.2) is 25.2 Å². The van der Waals surface area contributed by atoms with Gasteiger partial charge in [-0.3, -0.25) is 9.59 Å². The zero-order chi connectivity index (χ0) is 24.9. The van der Waals surface area contributed by atoms with Crippen molar-refractivity contribution in [2.24, 2.45) is 5.92 Å². The molecule has 1 aromatic rings. The smallest absolute Gasteiger partial charge is 0.309 e. The van der Waals surface area contributed by atoms with Crippen molar-refractivity contribution in [2.75, 3.05) is 13.2 Å². The molecule has 0 aliphatic rings. The average molecular weight is 475 g/mol. The highest BCUT2D eigenvalue weighted by Crippen LogP contribution is 2.19. The first-order valence-corrected chi connectivity index (χ1v) is 13.9. The summed E-state index contributed by atoms with van der Waals surface area (Å²) in [6.45, 7) is 7.35. The van der Waals surface area contributed by atoms with Crippen molar-refractivity contribution in [1.82, 2.24) is 0 Å². The van der Waals surface area contributed by atoms with Gasteiger partial charge in [0.15, 0.2) is 0 Å². The van der Waals surface area contributed by atoms with Gasteiger partial charge in [-0.05, 0) is 37.3 Å². The number of hydrogen-bond acceptors (Lipinski definition) is 4. The van der Waals surface area contributed by atoms with Crippen LogP contribution in [0.15, 0.2) is 24.3 Å². The van der Waals surface area contributed by atoms with Crippen molar-refractivity contribution < 1.29 is 19.1 Å². The van der Waals surface area contributed by atoms with Crippen molar-refractivity contribution in [3.05, 3.63) is 35.4 Å². The van der Waals surface area contributed by atoms with Gasteiger partial charge in [0.05, 0.1) is 25.6 Å². The molecule has 0 saturated carbocycles. The molecule has 1 unspecified atom stereocenters. The first-order valence-electron chi connectivity index (χ1n) is 13.9. The van der Waals surface area contributed by atoms with E-state index in [2.05, 4.69) is 13.8 Å². The van der Waals surface area contributed by atoms with Gasteiger partial charge in [-0.2, -0.15) is 0 Å². The Hall–Kier alpha value is -1.84. The summed E-state index contributed by atoms with van der Waals surface area (Å²) >= 11 is 0. The molecular formula is C30H50O4. The first-order chi connectivity index (χ1) is 16.6. The van der Waals surface area contributed by atoms with E-state index in [0.717, 1.165) is 36.8 Å². The molecule has 0 spiro atoms. The fourth-order valence-corrected chi connectivity index (χ4v) is 4.20. The molecule has 0 aliphatic carbocycles. The quantitative estimate of drug-likeness (QED) is 0.133. The third-order valence-electron chi connectivity index (χ3n) is 6.48. The summed E-state index contributed by atoms with van der Waals surface area (Å²) in [5.74, 6) is -1.06. The fraction of sp³-hybridized carbons (Fsp3) is 0.733. The molecule has 0 bridgehead atoms. The molecule has 0 N–H and O–H groups in total. The van der Waals surface area contributed by atoms with Gasteiger partial charge < -0.3 is 9.47 Å². The van der Waals surface area contributed by atoms with E-state index in [-0.39, 0.29) is 18.4 Å². The largest absolute Gasteiger partial charge is 0.466 e. The summed E-state index contributed by atoms with van der Waals surface area (Å²) in [5, 5.41) is 0. The number of ether oxygens (including phenoxy) is 2. The van der Waals surface area contributed by atoms with Gasteiger partial charge in [0.2, 0.25) is 0 Å². The van der Waals surface area contributed by atoms with E-state index in [4.69, 9.17) is 9.47 Å². The molecular weight excluding hydrogens is 424 g/mol. The molecule has 0 amide bonds. The number of rotatable bonds is 21. The molecule has 0 saturated heterocycles. The third-order valence-corrected chi connectivity index (χ3v) is 6.48. The Balaban J connectivity index is 2.42. The van der Waals surface area contributed by atoms with Crippen molar-refractivity contribution in [3.63, 3.8) is 0 Å². The highest BCUT2D eigenvalue weighted by molar-refractivity contribution is 5.80. The van der Waals surface area contributed by atoms with Crippen LogP contribution in [0.2, 0.25) is 0 Å². The molecule has 0 aromatic heterocycles. The van der Waals surface area contributed by atoms with Crippen molar-refractivity contribution >= 4 is 11.9 Å². The molecule has 1 aromatic carbocycles. The number of carbonyl (C=O) groups excluding carboxylic acids is 2. The molecule has 0 radical (unpaired) electrons. The van der Waals surface area contributed by atoms with E-state index in [1.165, 1.54) is 64.2 Å². The fourth-order valence-electron chi connectivity index (χ4n) is 4.20. The Morgan fingerprint density at radius 3 is 1.76 bits per heavy atom. The van der Waals surface area contributed by atoms with Gasteiger partial charge in [-0.25, -0.2) is 0 Å². The summed E-state index contributed by atoms with van der Waals surface area (Å²) in [5.41, 5.74) is 2.21. The molecule has 4 heteroatoms. The summed E-state index contributed by atoms with van der Waals surface area (Å²) in [7, 11) is 0. The zero-order valence-corrected chi connectivity index (χ0v) is 22.2. The maximum atomic E-state index is 12.8. The average Bonchev–Trinajstić information content (AvgIpc) is 2.83. The molecule has 1 atom stereocenters. The summed E-state index contributed by atoms with van der Waals surface area (Å²) in [6.07, 6.45) is 17.1. The number of hydrogen-bond donors (Lipinski definition) is 0. The first kappa shape index (κ1) is 30.2. The minimum absolute atomic E-state index is 0.0840. The second-order valence-corrected chi connectivity index (χ2v) is 9.66. The van der Waals surface area contributed by atoms with Crippen LogP contribution in [0.5, 0.6) is 0 Å². The Bertz CT molecular complexity index is 655. The normalized spacial score (nSPS) is 11.9. The molecule has 4 nitrogen and oxygen atoms in total. The number of aryl methyl sites for hydroxylation is 1. The van der Waals surface area contributed by atoms with Crippen molar-refractivity contribution in [2.45, 2.75) is 124 Å². The molecule has 194 valence electrons. The second-order valence-electron chi connectivity index (χ2n) is 9.66. The van der Waals surface area contributed by atoms with E-state index in [0.29, 0.717) is 19.6 Å². The van der Waals surface area contributed by atoms with Gasteiger partial charge in [0, 0.05) is 0 Å². The van der Waals surface area contributed by atoms with Crippen LogP contribution in [0, 0.1) is 12.8 Å². The lowest BCUT2D eigenvalue weighted by molar-refractivity contribution is -0.155. The molecule has 0 fully saturated rings. The van der Waals surface area contributed by atoms with Crippen LogP contribution in [-0.2, 0) is 25.5 Å². The minimum atomic E-state index is -0.493. The Morgan fingerprint density at radius 2 is 1.21 bits per heavy atom. The highest BCUT2D eigenvalue weighted by Gasteiger charge is 2.25. The van der Waals surface area contributed by atoms with E-state index in [9.17, 15) is 9.59 Å². The third kappa shape index (κ3) is 15.1. The topological polar surface area (TPSA) is 52.6 Å². The second kappa shape index (κ2) is 20.5. The number of benzene rings is 1. The van der Waals surface area contributed by atoms with Crippen LogP contribution >= 0.6 is 0 Å². The van der Waals surface area contributed by atoms with Gasteiger partial charge in [0.1, 0.15) is 0 Å². The van der Waals surface area contributed by atoms with Crippen LogP contribution in [0.25, 0.3) is 0 Å². The molecule has 34 heavy (non-hydrogen) atoms. The standard InChI is InChI=1S/C30H50O4/c1-4-6-8-10-12-14-18-22-33-29(31)25-28(24-27-21-17-16-20-26(27)3)30(32)34-23-19-15-13-11-9-7-5-2/h16-17,20-21,28H,4-15,18-19,22-25H2,1-3H3. The zero-order valence-electron chi connectivity index (χ0n) is 22.2. The van der Waals surface area contributed by atoms with Crippen LogP contribution in [0.1, 0.15) is 121 Å². The van der Waals surface area contributed by atoms with Crippen molar-refractivity contribution in [3.8, 4) is 0 Å². The van der Waals surface area contributed by atoms with Crippen LogP contribution in [0.3, 0.4) is 0 Å². The monoisotopic (exact) mass is 474 g/mol.